The van der Waals surface area contributed by atoms with Crippen LogP contribution in [0.5, 0.6) is 0 Å². The number of oxazole rings is 1. The lowest BCUT2D eigenvalue weighted by Gasteiger charge is -2.28. The first-order valence-electron chi connectivity index (χ1n) is 11.3. The van der Waals surface area contributed by atoms with E-state index < -0.39 is 10.0 Å². The van der Waals surface area contributed by atoms with E-state index >= 15 is 0 Å². The smallest absolute Gasteiger partial charge is 0.243 e. The molecule has 2 heterocycles. The van der Waals surface area contributed by atoms with Crippen molar-refractivity contribution in [2.24, 2.45) is 0 Å². The fourth-order valence-corrected chi connectivity index (χ4v) is 5.43. The zero-order valence-electron chi connectivity index (χ0n) is 19.3. The van der Waals surface area contributed by atoms with Crippen molar-refractivity contribution in [2.45, 2.75) is 24.4 Å². The van der Waals surface area contributed by atoms with Gasteiger partial charge in [0.05, 0.1) is 4.90 Å². The van der Waals surface area contributed by atoms with E-state index in [0.717, 1.165) is 18.5 Å². The van der Waals surface area contributed by atoms with Gasteiger partial charge >= 0.3 is 0 Å². The number of anilines is 1. The van der Waals surface area contributed by atoms with E-state index in [1.165, 1.54) is 15.4 Å². The monoisotopic (exact) mass is 484 g/mol. The average Bonchev–Trinajstić information content (AvgIpc) is 3.33. The fraction of sp³-hybridized carbons (Fsp3) is 0.185. The highest BCUT2D eigenvalue weighted by Crippen LogP contribution is 2.32. The lowest BCUT2D eigenvalue weighted by atomic mass is 10.00. The van der Waals surface area contributed by atoms with Crippen LogP contribution < -0.4 is 4.90 Å². The number of sulfonamides is 1. The Labute approximate surface area is 204 Å². The molecule has 0 bridgehead atoms. The molecule has 35 heavy (non-hydrogen) atoms. The molecule has 1 aliphatic heterocycles. The minimum atomic E-state index is -3.67. The summed E-state index contributed by atoms with van der Waals surface area (Å²) in [6, 6.07) is 26.2. The number of nitriles is 1. The van der Waals surface area contributed by atoms with Gasteiger partial charge < -0.3 is 9.32 Å². The molecule has 0 N–H and O–H groups in total. The number of hydrogen-bond donors (Lipinski definition) is 0. The highest BCUT2D eigenvalue weighted by molar-refractivity contribution is 7.89. The zero-order valence-corrected chi connectivity index (χ0v) is 20.1. The van der Waals surface area contributed by atoms with Gasteiger partial charge in [0.25, 0.3) is 0 Å². The highest BCUT2D eigenvalue weighted by Gasteiger charge is 2.25. The second kappa shape index (κ2) is 9.37. The van der Waals surface area contributed by atoms with Gasteiger partial charge in [-0.2, -0.15) is 14.6 Å². The van der Waals surface area contributed by atoms with Gasteiger partial charge in [-0.1, -0.05) is 54.6 Å². The Bertz CT molecular complexity index is 1490. The van der Waals surface area contributed by atoms with Gasteiger partial charge in [0.1, 0.15) is 6.07 Å². The summed E-state index contributed by atoms with van der Waals surface area (Å²) >= 11 is 0. The third-order valence-corrected chi connectivity index (χ3v) is 8.01. The number of benzene rings is 3. The molecule has 0 saturated carbocycles. The second-order valence-corrected chi connectivity index (χ2v) is 10.5. The minimum Gasteiger partial charge on any atom is -0.419 e. The first-order valence-corrected chi connectivity index (χ1v) is 12.7. The maximum Gasteiger partial charge on any atom is 0.243 e. The van der Waals surface area contributed by atoms with Gasteiger partial charge in [-0.3, -0.25) is 0 Å². The number of fused-ring (bicyclic) bond motifs is 1. The summed E-state index contributed by atoms with van der Waals surface area (Å²) in [4.78, 5) is 6.59. The lowest BCUT2D eigenvalue weighted by molar-refractivity contribution is 0.466. The average molecular weight is 485 g/mol. The van der Waals surface area contributed by atoms with Crippen molar-refractivity contribution in [3.05, 3.63) is 101 Å². The Kier molecular flexibility index (Phi) is 6.12. The van der Waals surface area contributed by atoms with Crippen molar-refractivity contribution in [3.8, 4) is 17.5 Å². The number of hydrogen-bond acceptors (Lipinski definition) is 6. The van der Waals surface area contributed by atoms with Crippen LogP contribution >= 0.6 is 0 Å². The Morgan fingerprint density at radius 3 is 2.40 bits per heavy atom. The molecule has 0 amide bonds. The van der Waals surface area contributed by atoms with Gasteiger partial charge in [0.2, 0.25) is 27.5 Å². The van der Waals surface area contributed by atoms with Crippen LogP contribution in [0.25, 0.3) is 11.5 Å². The Hall–Kier alpha value is -3.93. The molecule has 8 heteroatoms. The SMILES string of the molecule is CN(Cc1ccccc1)S(=O)(=O)c1ccc(-c2nc(C#N)c(N3CCc4ccccc4C3)o2)cc1. The number of aromatic nitrogens is 1. The standard InChI is InChI=1S/C27H24N4O3S/c1-30(18-20-7-3-2-4-8-20)35(32,33)24-13-11-22(12-14-24)26-29-25(17-28)27(34-26)31-16-15-21-9-5-6-10-23(21)19-31/h2-14H,15-16,18-19H2,1H3. The highest BCUT2D eigenvalue weighted by atomic mass is 32.2. The molecule has 1 aromatic heterocycles. The molecule has 0 spiro atoms. The summed E-state index contributed by atoms with van der Waals surface area (Å²) in [5.41, 5.74) is 4.24. The molecular weight excluding hydrogens is 460 g/mol. The van der Waals surface area contributed by atoms with E-state index in [4.69, 9.17) is 4.42 Å². The largest absolute Gasteiger partial charge is 0.419 e. The summed E-state index contributed by atoms with van der Waals surface area (Å²) in [7, 11) is -2.11. The van der Waals surface area contributed by atoms with Crippen LogP contribution in [0.4, 0.5) is 5.88 Å². The first-order chi connectivity index (χ1) is 17.0. The van der Waals surface area contributed by atoms with Crippen molar-refractivity contribution in [1.82, 2.24) is 9.29 Å². The number of rotatable bonds is 6. The van der Waals surface area contributed by atoms with Gasteiger partial charge in [-0.15, -0.1) is 0 Å². The Balaban J connectivity index is 1.37. The molecule has 7 nitrogen and oxygen atoms in total. The molecule has 0 aliphatic carbocycles. The van der Waals surface area contributed by atoms with Crippen LogP contribution in [0.15, 0.2) is 88.2 Å². The van der Waals surface area contributed by atoms with Crippen LogP contribution in [-0.4, -0.2) is 31.3 Å². The summed E-state index contributed by atoms with van der Waals surface area (Å²) < 4.78 is 33.4. The molecule has 176 valence electrons. The lowest BCUT2D eigenvalue weighted by Crippen LogP contribution is -2.30. The first kappa shape index (κ1) is 22.8. The Morgan fingerprint density at radius 2 is 1.69 bits per heavy atom. The van der Waals surface area contributed by atoms with Gasteiger partial charge in [0, 0.05) is 32.2 Å². The van der Waals surface area contributed by atoms with Crippen molar-refractivity contribution in [1.29, 1.82) is 5.26 Å². The fourth-order valence-electron chi connectivity index (χ4n) is 4.27. The van der Waals surface area contributed by atoms with Crippen LogP contribution in [0.2, 0.25) is 0 Å². The third-order valence-electron chi connectivity index (χ3n) is 6.19. The van der Waals surface area contributed by atoms with E-state index in [1.54, 1.807) is 31.3 Å². The molecule has 4 aromatic rings. The molecule has 0 radical (unpaired) electrons. The zero-order chi connectivity index (χ0) is 24.4. The topological polar surface area (TPSA) is 90.4 Å². The van der Waals surface area contributed by atoms with Gasteiger partial charge in [-0.05, 0) is 47.4 Å². The van der Waals surface area contributed by atoms with E-state index in [-0.39, 0.29) is 23.0 Å². The molecular formula is C27H24N4O3S. The van der Waals surface area contributed by atoms with Crippen molar-refractivity contribution in [3.63, 3.8) is 0 Å². The maximum absolute atomic E-state index is 13.0. The van der Waals surface area contributed by atoms with Crippen molar-refractivity contribution >= 4 is 15.9 Å². The van der Waals surface area contributed by atoms with Gasteiger partial charge in [-0.25, -0.2) is 8.42 Å². The predicted octanol–water partition coefficient (Wildman–Crippen LogP) is 4.60. The predicted molar refractivity (Wildman–Crippen MR) is 133 cm³/mol. The van der Waals surface area contributed by atoms with E-state index in [1.807, 2.05) is 47.4 Å². The Morgan fingerprint density at radius 1 is 1.00 bits per heavy atom. The normalized spacial score (nSPS) is 13.5. The van der Waals surface area contributed by atoms with Crippen molar-refractivity contribution < 1.29 is 12.8 Å². The quantitative estimate of drug-likeness (QED) is 0.397. The van der Waals surface area contributed by atoms with E-state index in [2.05, 4.69) is 23.2 Å². The minimum absolute atomic E-state index is 0.180. The molecule has 1 aliphatic rings. The van der Waals surface area contributed by atoms with E-state index in [9.17, 15) is 13.7 Å². The maximum atomic E-state index is 13.0. The van der Waals surface area contributed by atoms with E-state index in [0.29, 0.717) is 18.0 Å². The molecule has 0 unspecified atom stereocenters. The van der Waals surface area contributed by atoms with Crippen LogP contribution in [0, 0.1) is 11.3 Å². The van der Waals surface area contributed by atoms with Crippen molar-refractivity contribution in [2.75, 3.05) is 18.5 Å². The molecule has 3 aromatic carbocycles. The van der Waals surface area contributed by atoms with Gasteiger partial charge in [0.15, 0.2) is 0 Å². The summed E-state index contributed by atoms with van der Waals surface area (Å²) in [6.07, 6.45) is 0.861. The molecule has 0 atom stereocenters. The van der Waals surface area contributed by atoms with Crippen LogP contribution in [-0.2, 0) is 29.5 Å². The second-order valence-electron chi connectivity index (χ2n) is 8.50. The van der Waals surface area contributed by atoms with Crippen LogP contribution in [0.1, 0.15) is 22.4 Å². The summed E-state index contributed by atoms with van der Waals surface area (Å²) in [5, 5.41) is 9.65. The molecule has 5 rings (SSSR count). The van der Waals surface area contributed by atoms with Crippen LogP contribution in [0.3, 0.4) is 0 Å². The molecule has 0 saturated heterocycles. The summed E-state index contributed by atoms with van der Waals surface area (Å²) in [6.45, 7) is 1.65. The summed E-state index contributed by atoms with van der Waals surface area (Å²) in [5.74, 6) is 0.730. The number of nitrogens with zero attached hydrogens (tertiary/aromatic N) is 4. The molecule has 0 fully saturated rings. The third kappa shape index (κ3) is 4.56.